The molecular weight excluding hydrogens is 237 g/mol. The maximum atomic E-state index is 13.6. The van der Waals surface area contributed by atoms with Crippen LogP contribution in [0.4, 0.5) is 4.39 Å². The monoisotopic (exact) mass is 249 g/mol. The van der Waals surface area contributed by atoms with Crippen molar-refractivity contribution in [3.05, 3.63) is 35.8 Å². The molecule has 0 fully saturated rings. The van der Waals surface area contributed by atoms with Crippen LogP contribution in [0.1, 0.15) is 23.7 Å². The van der Waals surface area contributed by atoms with E-state index in [1.807, 2.05) is 6.92 Å². The molecule has 0 spiro atoms. The number of benzene rings is 1. The molecule has 0 aliphatic carbocycles. The van der Waals surface area contributed by atoms with Gasteiger partial charge in [-0.05, 0) is 12.5 Å². The van der Waals surface area contributed by atoms with E-state index in [0.29, 0.717) is 17.8 Å². The summed E-state index contributed by atoms with van der Waals surface area (Å²) in [5.74, 6) is -2.06. The molecule has 0 amide bonds. The molecule has 0 aliphatic heterocycles. The molecule has 1 N–H and O–H groups in total. The summed E-state index contributed by atoms with van der Waals surface area (Å²) in [6.45, 7) is 2.57. The lowest BCUT2D eigenvalue weighted by molar-refractivity contribution is 0.0693. The molecular formula is C12H12FN3O2. The quantitative estimate of drug-likeness (QED) is 0.901. The Balaban J connectivity index is 2.60. The Morgan fingerprint density at radius 3 is 2.94 bits per heavy atom. The minimum Gasteiger partial charge on any atom is -0.478 e. The van der Waals surface area contributed by atoms with Gasteiger partial charge in [-0.15, -0.1) is 5.10 Å². The van der Waals surface area contributed by atoms with Gasteiger partial charge in [-0.3, -0.25) is 0 Å². The van der Waals surface area contributed by atoms with Crippen LogP contribution >= 0.6 is 0 Å². The number of hydrogen-bond donors (Lipinski definition) is 1. The highest BCUT2D eigenvalue weighted by atomic mass is 19.1. The summed E-state index contributed by atoms with van der Waals surface area (Å²) in [5, 5.41) is 16.7. The van der Waals surface area contributed by atoms with E-state index in [4.69, 9.17) is 5.11 Å². The number of rotatable bonds is 4. The first-order chi connectivity index (χ1) is 8.65. The van der Waals surface area contributed by atoms with Gasteiger partial charge in [0.05, 0.1) is 11.9 Å². The van der Waals surface area contributed by atoms with Gasteiger partial charge in [0.2, 0.25) is 0 Å². The highest BCUT2D eigenvalue weighted by molar-refractivity contribution is 5.95. The maximum absolute atomic E-state index is 13.6. The average Bonchev–Trinajstić information content (AvgIpc) is 2.76. The molecule has 1 aromatic heterocycles. The lowest BCUT2D eigenvalue weighted by Gasteiger charge is -2.08. The number of hydrogen-bond acceptors (Lipinski definition) is 3. The standard InChI is InChI=1S/C12H12FN3O2/c1-2-6-16-10(7-14-15-16)8-4-3-5-9(13)11(8)12(17)18/h3-5,7H,2,6H2,1H3,(H,17,18). The number of aromatic carboxylic acids is 1. The molecule has 0 atom stereocenters. The van der Waals surface area contributed by atoms with Crippen molar-refractivity contribution in [1.82, 2.24) is 15.0 Å². The van der Waals surface area contributed by atoms with Gasteiger partial charge in [-0.1, -0.05) is 24.3 Å². The molecule has 1 heterocycles. The Bertz CT molecular complexity index is 580. The van der Waals surface area contributed by atoms with Crippen LogP contribution in [0.15, 0.2) is 24.4 Å². The summed E-state index contributed by atoms with van der Waals surface area (Å²) in [7, 11) is 0. The fraction of sp³-hybridized carbons (Fsp3) is 0.250. The van der Waals surface area contributed by atoms with Gasteiger partial charge in [-0.2, -0.15) is 0 Å². The van der Waals surface area contributed by atoms with Crippen LogP contribution in [0.5, 0.6) is 0 Å². The van der Waals surface area contributed by atoms with E-state index in [1.54, 1.807) is 10.7 Å². The van der Waals surface area contributed by atoms with E-state index in [9.17, 15) is 9.18 Å². The number of carboxylic acid groups (broad SMARTS) is 1. The number of carbonyl (C=O) groups is 1. The van der Waals surface area contributed by atoms with Crippen molar-refractivity contribution < 1.29 is 14.3 Å². The Kier molecular flexibility index (Phi) is 3.36. The lowest BCUT2D eigenvalue weighted by atomic mass is 10.0. The molecule has 0 bridgehead atoms. The predicted molar refractivity (Wildman–Crippen MR) is 62.7 cm³/mol. The van der Waals surface area contributed by atoms with Gasteiger partial charge >= 0.3 is 5.97 Å². The van der Waals surface area contributed by atoms with Gasteiger partial charge in [-0.25, -0.2) is 13.9 Å². The Morgan fingerprint density at radius 1 is 1.50 bits per heavy atom. The smallest absolute Gasteiger partial charge is 0.339 e. The van der Waals surface area contributed by atoms with Crippen LogP contribution in [0.3, 0.4) is 0 Å². The van der Waals surface area contributed by atoms with E-state index >= 15 is 0 Å². The first-order valence-corrected chi connectivity index (χ1v) is 5.55. The first-order valence-electron chi connectivity index (χ1n) is 5.55. The second-order valence-corrected chi connectivity index (χ2v) is 3.81. The van der Waals surface area contributed by atoms with Crippen molar-refractivity contribution in [2.24, 2.45) is 0 Å². The second kappa shape index (κ2) is 4.95. The molecule has 94 valence electrons. The topological polar surface area (TPSA) is 68.0 Å². The molecule has 0 unspecified atom stereocenters. The highest BCUT2D eigenvalue weighted by Crippen LogP contribution is 2.25. The van der Waals surface area contributed by atoms with Crippen molar-refractivity contribution >= 4 is 5.97 Å². The molecule has 0 saturated carbocycles. The Hall–Kier alpha value is -2.24. The number of carboxylic acids is 1. The number of aromatic nitrogens is 3. The van der Waals surface area contributed by atoms with Gasteiger partial charge in [0.25, 0.3) is 0 Å². The Labute approximate surface area is 103 Å². The minimum atomic E-state index is -1.30. The fourth-order valence-electron chi connectivity index (χ4n) is 1.80. The van der Waals surface area contributed by atoms with Gasteiger partial charge in [0.15, 0.2) is 0 Å². The van der Waals surface area contributed by atoms with Crippen LogP contribution in [-0.2, 0) is 6.54 Å². The van der Waals surface area contributed by atoms with Crippen molar-refractivity contribution in [2.45, 2.75) is 19.9 Å². The number of aryl methyl sites for hydroxylation is 1. The van der Waals surface area contributed by atoms with Crippen molar-refractivity contribution in [2.75, 3.05) is 0 Å². The first kappa shape index (κ1) is 12.2. The van der Waals surface area contributed by atoms with Gasteiger partial charge in [0.1, 0.15) is 11.4 Å². The van der Waals surface area contributed by atoms with E-state index in [1.165, 1.54) is 12.3 Å². The highest BCUT2D eigenvalue weighted by Gasteiger charge is 2.19. The van der Waals surface area contributed by atoms with E-state index in [-0.39, 0.29) is 5.56 Å². The molecule has 0 radical (unpaired) electrons. The zero-order valence-electron chi connectivity index (χ0n) is 9.80. The van der Waals surface area contributed by atoms with E-state index in [0.717, 1.165) is 12.5 Å². The van der Waals surface area contributed by atoms with Gasteiger partial charge in [0, 0.05) is 12.1 Å². The molecule has 0 aliphatic rings. The average molecular weight is 249 g/mol. The van der Waals surface area contributed by atoms with Crippen molar-refractivity contribution in [1.29, 1.82) is 0 Å². The third-order valence-corrected chi connectivity index (χ3v) is 2.56. The zero-order chi connectivity index (χ0) is 13.1. The third-order valence-electron chi connectivity index (χ3n) is 2.56. The van der Waals surface area contributed by atoms with Crippen molar-refractivity contribution in [3.63, 3.8) is 0 Å². The summed E-state index contributed by atoms with van der Waals surface area (Å²) in [5.41, 5.74) is 0.451. The molecule has 5 nitrogen and oxygen atoms in total. The normalized spacial score (nSPS) is 10.6. The number of nitrogens with zero attached hydrogens (tertiary/aromatic N) is 3. The third kappa shape index (κ3) is 2.09. The van der Waals surface area contributed by atoms with Crippen LogP contribution in [0.2, 0.25) is 0 Å². The van der Waals surface area contributed by atoms with Crippen LogP contribution in [0, 0.1) is 5.82 Å². The van der Waals surface area contributed by atoms with E-state index in [2.05, 4.69) is 10.3 Å². The van der Waals surface area contributed by atoms with Crippen molar-refractivity contribution in [3.8, 4) is 11.3 Å². The fourth-order valence-corrected chi connectivity index (χ4v) is 1.80. The predicted octanol–water partition coefficient (Wildman–Crippen LogP) is 2.19. The van der Waals surface area contributed by atoms with Crippen LogP contribution < -0.4 is 0 Å². The summed E-state index contributed by atoms with van der Waals surface area (Å²) in [4.78, 5) is 11.1. The lowest BCUT2D eigenvalue weighted by Crippen LogP contribution is -2.07. The molecule has 18 heavy (non-hydrogen) atoms. The maximum Gasteiger partial charge on any atom is 0.339 e. The molecule has 6 heteroatoms. The van der Waals surface area contributed by atoms with Gasteiger partial charge < -0.3 is 5.11 Å². The summed E-state index contributed by atoms with van der Waals surface area (Å²) >= 11 is 0. The summed E-state index contributed by atoms with van der Waals surface area (Å²) < 4.78 is 15.2. The van der Waals surface area contributed by atoms with E-state index < -0.39 is 11.8 Å². The number of halogens is 1. The Morgan fingerprint density at radius 2 is 2.28 bits per heavy atom. The summed E-state index contributed by atoms with van der Waals surface area (Å²) in [6.07, 6.45) is 2.27. The second-order valence-electron chi connectivity index (χ2n) is 3.81. The molecule has 2 rings (SSSR count). The SMILES string of the molecule is CCCn1nncc1-c1cccc(F)c1C(=O)O. The largest absolute Gasteiger partial charge is 0.478 e. The summed E-state index contributed by atoms with van der Waals surface area (Å²) in [6, 6.07) is 4.15. The zero-order valence-corrected chi connectivity index (χ0v) is 9.80. The minimum absolute atomic E-state index is 0.293. The molecule has 1 aromatic carbocycles. The van der Waals surface area contributed by atoms with Crippen LogP contribution in [0.25, 0.3) is 11.3 Å². The van der Waals surface area contributed by atoms with Crippen LogP contribution in [-0.4, -0.2) is 26.1 Å². The molecule has 2 aromatic rings. The molecule has 0 saturated heterocycles.